The first-order chi connectivity index (χ1) is 41.7. The van der Waals surface area contributed by atoms with Crippen LogP contribution in [0.1, 0.15) is 331 Å². The molecule has 0 aromatic heterocycles. The van der Waals surface area contributed by atoms with Crippen molar-refractivity contribution in [3.8, 4) is 0 Å². The minimum absolute atomic E-state index is 0.104. The molecule has 19 heteroatoms. The van der Waals surface area contributed by atoms with Gasteiger partial charge in [0, 0.05) is 25.7 Å². The number of hydrogen-bond acceptors (Lipinski definition) is 15. The lowest BCUT2D eigenvalue weighted by Gasteiger charge is -2.21. The lowest BCUT2D eigenvalue weighted by molar-refractivity contribution is -0.161. The fourth-order valence-corrected chi connectivity index (χ4v) is 11.7. The molecule has 0 amide bonds. The van der Waals surface area contributed by atoms with Gasteiger partial charge < -0.3 is 33.8 Å². The smallest absolute Gasteiger partial charge is 0.462 e. The van der Waals surface area contributed by atoms with E-state index in [4.69, 9.17) is 37.0 Å². The lowest BCUT2D eigenvalue weighted by atomic mass is 9.99. The highest BCUT2D eigenvalue weighted by molar-refractivity contribution is 7.47. The van der Waals surface area contributed by atoms with Crippen LogP contribution in [-0.2, 0) is 65.4 Å². The summed E-state index contributed by atoms with van der Waals surface area (Å²) in [6, 6.07) is 0. The van der Waals surface area contributed by atoms with Crippen molar-refractivity contribution >= 4 is 39.5 Å². The maximum atomic E-state index is 13.0. The quantitative estimate of drug-likeness (QED) is 0.0222. The van der Waals surface area contributed by atoms with E-state index in [1.807, 2.05) is 0 Å². The number of hydrogen-bond donors (Lipinski definition) is 3. The summed E-state index contributed by atoms with van der Waals surface area (Å²) in [5, 5.41) is 10.6. The Labute approximate surface area is 530 Å². The molecule has 516 valence electrons. The van der Waals surface area contributed by atoms with Crippen LogP contribution in [0.2, 0.25) is 0 Å². The molecule has 7 atom stereocenters. The predicted octanol–water partition coefficient (Wildman–Crippen LogP) is 18.9. The normalized spacial score (nSPS) is 15.0. The molecule has 3 N–H and O–H groups in total. The minimum Gasteiger partial charge on any atom is -0.462 e. The van der Waals surface area contributed by atoms with Crippen molar-refractivity contribution in [2.24, 2.45) is 23.7 Å². The number of ether oxygens (including phenoxy) is 4. The van der Waals surface area contributed by atoms with Crippen molar-refractivity contribution in [1.29, 1.82) is 0 Å². The molecular formula is C68H132O17P2. The number of esters is 4. The van der Waals surface area contributed by atoms with Gasteiger partial charge in [0.25, 0.3) is 0 Å². The molecule has 0 bridgehead atoms. The average molecular weight is 1280 g/mol. The van der Waals surface area contributed by atoms with Gasteiger partial charge in [0.2, 0.25) is 0 Å². The number of aliphatic hydroxyl groups excluding tert-OH is 1. The maximum absolute atomic E-state index is 13.0. The van der Waals surface area contributed by atoms with Gasteiger partial charge in [-0.3, -0.25) is 37.3 Å². The van der Waals surface area contributed by atoms with Crippen molar-refractivity contribution in [2.75, 3.05) is 39.6 Å². The van der Waals surface area contributed by atoms with E-state index < -0.39 is 97.5 Å². The second kappa shape index (κ2) is 57.9. The Kier molecular flexibility index (Phi) is 56.6. The van der Waals surface area contributed by atoms with Crippen LogP contribution in [0, 0.1) is 23.7 Å². The molecule has 0 fully saturated rings. The molecule has 0 rings (SSSR count). The van der Waals surface area contributed by atoms with Gasteiger partial charge in [-0.1, -0.05) is 280 Å². The molecule has 0 aromatic carbocycles. The average Bonchev–Trinajstić information content (AvgIpc) is 3.63. The van der Waals surface area contributed by atoms with E-state index in [0.29, 0.717) is 31.6 Å². The van der Waals surface area contributed by atoms with Crippen LogP contribution < -0.4 is 0 Å². The zero-order chi connectivity index (χ0) is 64.7. The Morgan fingerprint density at radius 2 is 0.552 bits per heavy atom. The van der Waals surface area contributed by atoms with E-state index in [1.165, 1.54) is 122 Å². The van der Waals surface area contributed by atoms with Gasteiger partial charge in [0.05, 0.1) is 26.4 Å². The third-order valence-electron chi connectivity index (χ3n) is 16.3. The van der Waals surface area contributed by atoms with E-state index in [1.54, 1.807) is 0 Å². The first-order valence-electron chi connectivity index (χ1n) is 35.3. The second-order valence-corrected chi connectivity index (χ2v) is 28.9. The number of rotatable bonds is 65. The van der Waals surface area contributed by atoms with Gasteiger partial charge in [-0.15, -0.1) is 0 Å². The SMILES string of the molecule is CCC(C)CCCCCCCCCCCCC(=O)O[C@H](COC(=O)CCCCCCCCC(C)C)COP(=O)(O)OC[C@@H](O)COP(=O)(O)OC[C@@H](COC(=O)CCCCCCCCC(C)CC)OC(=O)CCCCCCCCCCCCCC(C)C. The monoisotopic (exact) mass is 1280 g/mol. The van der Waals surface area contributed by atoms with Crippen molar-refractivity contribution in [1.82, 2.24) is 0 Å². The number of unbranched alkanes of at least 4 members (excludes halogenated alkanes) is 29. The summed E-state index contributed by atoms with van der Waals surface area (Å²) in [6.07, 6.45) is 39.0. The maximum Gasteiger partial charge on any atom is 0.472 e. The van der Waals surface area contributed by atoms with Gasteiger partial charge in [-0.2, -0.15) is 0 Å². The van der Waals surface area contributed by atoms with Gasteiger partial charge in [0.1, 0.15) is 19.3 Å². The number of aliphatic hydroxyl groups is 1. The number of phosphoric ester groups is 2. The van der Waals surface area contributed by atoms with E-state index >= 15 is 0 Å². The molecule has 0 aliphatic rings. The number of phosphoric acid groups is 2. The van der Waals surface area contributed by atoms with Crippen LogP contribution in [0.4, 0.5) is 0 Å². The summed E-state index contributed by atoms with van der Waals surface area (Å²) in [5.74, 6) is 0.844. The Morgan fingerprint density at radius 1 is 0.322 bits per heavy atom. The summed E-state index contributed by atoms with van der Waals surface area (Å²) in [7, 11) is -9.90. The Balaban J connectivity index is 5.25. The zero-order valence-electron chi connectivity index (χ0n) is 56.6. The molecule has 17 nitrogen and oxygen atoms in total. The summed E-state index contributed by atoms with van der Waals surface area (Å²) in [4.78, 5) is 72.4. The Morgan fingerprint density at radius 3 is 0.816 bits per heavy atom. The molecule has 0 saturated carbocycles. The fourth-order valence-electron chi connectivity index (χ4n) is 10.1. The summed E-state index contributed by atoms with van der Waals surface area (Å²) in [6.45, 7) is 14.0. The molecule has 0 aliphatic carbocycles. The lowest BCUT2D eigenvalue weighted by Crippen LogP contribution is -2.30. The predicted molar refractivity (Wildman–Crippen MR) is 349 cm³/mol. The van der Waals surface area contributed by atoms with E-state index in [9.17, 15) is 43.2 Å². The highest BCUT2D eigenvalue weighted by Crippen LogP contribution is 2.45. The third-order valence-corrected chi connectivity index (χ3v) is 18.2. The van der Waals surface area contributed by atoms with Crippen LogP contribution >= 0.6 is 15.6 Å². The van der Waals surface area contributed by atoms with Gasteiger partial charge in [-0.05, 0) is 49.4 Å². The highest BCUT2D eigenvalue weighted by atomic mass is 31.2. The topological polar surface area (TPSA) is 237 Å². The van der Waals surface area contributed by atoms with Crippen molar-refractivity contribution in [2.45, 2.75) is 350 Å². The molecule has 0 aromatic rings. The first-order valence-corrected chi connectivity index (χ1v) is 38.3. The minimum atomic E-state index is -4.95. The van der Waals surface area contributed by atoms with E-state index in [0.717, 1.165) is 120 Å². The summed E-state index contributed by atoms with van der Waals surface area (Å²) >= 11 is 0. The molecular weight excluding hydrogens is 1150 g/mol. The van der Waals surface area contributed by atoms with Crippen LogP contribution in [0.25, 0.3) is 0 Å². The largest absolute Gasteiger partial charge is 0.472 e. The fraction of sp³-hybridized carbons (Fsp3) is 0.941. The zero-order valence-corrected chi connectivity index (χ0v) is 58.4. The molecule has 0 spiro atoms. The van der Waals surface area contributed by atoms with Crippen LogP contribution in [0.5, 0.6) is 0 Å². The molecule has 0 heterocycles. The third kappa shape index (κ3) is 60.1. The van der Waals surface area contributed by atoms with Crippen molar-refractivity contribution in [3.63, 3.8) is 0 Å². The number of carbonyl (C=O) groups is 4. The van der Waals surface area contributed by atoms with Crippen LogP contribution in [0.3, 0.4) is 0 Å². The standard InChI is InChI=1S/C68H132O17P2/c1-9-60(7)46-38-30-21-17-14-15-19-23-35-43-51-68(73)84-63(54-78-65(70)48-40-32-26-24-29-37-45-59(5)6)56-82-86(74,75)80-52-62(69)53-81-87(76,77)83-57-64(55-79-66(71)49-41-33-27-25-31-39-47-61(8)10-2)85-67(72)50-42-34-22-18-13-11-12-16-20-28-36-44-58(3)4/h58-64,69H,9-57H2,1-8H3,(H,74,75)(H,76,77)/t60?,61?,62-,63-,64-/m1/s1. The van der Waals surface area contributed by atoms with Gasteiger partial charge in [0.15, 0.2) is 12.2 Å². The molecule has 0 saturated heterocycles. The molecule has 0 radical (unpaired) electrons. The van der Waals surface area contributed by atoms with Crippen molar-refractivity contribution < 1.29 is 80.2 Å². The molecule has 0 aliphatic heterocycles. The molecule has 4 unspecified atom stereocenters. The van der Waals surface area contributed by atoms with Gasteiger partial charge in [-0.25, -0.2) is 9.13 Å². The Bertz CT molecular complexity index is 1730. The Hall–Kier alpha value is -1.94. The first kappa shape index (κ1) is 85.1. The summed E-state index contributed by atoms with van der Waals surface area (Å²) in [5.41, 5.74) is 0. The second-order valence-electron chi connectivity index (χ2n) is 26.0. The summed E-state index contributed by atoms with van der Waals surface area (Å²) < 4.78 is 68.2. The van der Waals surface area contributed by atoms with Gasteiger partial charge >= 0.3 is 39.5 Å². The molecule has 87 heavy (non-hydrogen) atoms. The highest BCUT2D eigenvalue weighted by Gasteiger charge is 2.30. The number of carbonyl (C=O) groups excluding carboxylic acids is 4. The van der Waals surface area contributed by atoms with E-state index in [2.05, 4.69) is 55.4 Å². The van der Waals surface area contributed by atoms with Crippen molar-refractivity contribution in [3.05, 3.63) is 0 Å². The van der Waals surface area contributed by atoms with Crippen LogP contribution in [0.15, 0.2) is 0 Å². The van der Waals surface area contributed by atoms with Crippen LogP contribution in [-0.4, -0.2) is 96.7 Å². The van der Waals surface area contributed by atoms with E-state index in [-0.39, 0.29) is 25.7 Å².